The van der Waals surface area contributed by atoms with Crippen LogP contribution in [0.25, 0.3) is 11.0 Å². The Morgan fingerprint density at radius 2 is 2.10 bits per heavy atom. The first-order chi connectivity index (χ1) is 10.0. The van der Waals surface area contributed by atoms with Gasteiger partial charge < -0.3 is 19.8 Å². The third-order valence-electron chi connectivity index (χ3n) is 3.35. The van der Waals surface area contributed by atoms with Crippen molar-refractivity contribution < 1.29 is 13.9 Å². The van der Waals surface area contributed by atoms with Crippen LogP contribution < -0.4 is 16.1 Å². The highest BCUT2D eigenvalue weighted by atomic mass is 16.5. The van der Waals surface area contributed by atoms with Crippen LogP contribution in [0.3, 0.4) is 0 Å². The Hall–Kier alpha value is -2.34. The molecule has 1 unspecified atom stereocenters. The second kappa shape index (κ2) is 6.41. The minimum Gasteiger partial charge on any atom is -0.484 e. The molecule has 0 saturated heterocycles. The minimum atomic E-state index is -0.424. The van der Waals surface area contributed by atoms with Gasteiger partial charge in [0.15, 0.2) is 6.61 Å². The summed E-state index contributed by atoms with van der Waals surface area (Å²) < 4.78 is 10.5. The lowest BCUT2D eigenvalue weighted by molar-refractivity contribution is -0.133. The molecule has 1 atom stereocenters. The van der Waals surface area contributed by atoms with Crippen LogP contribution in [0.1, 0.15) is 6.92 Å². The zero-order valence-electron chi connectivity index (χ0n) is 12.0. The number of benzene rings is 1. The van der Waals surface area contributed by atoms with Crippen LogP contribution in [0.4, 0.5) is 0 Å². The molecule has 112 valence electrons. The third-order valence-corrected chi connectivity index (χ3v) is 3.35. The predicted octanol–water partition coefficient (Wildman–Crippen LogP) is 0.977. The summed E-state index contributed by atoms with van der Waals surface area (Å²) in [5.41, 5.74) is 5.52. The van der Waals surface area contributed by atoms with Crippen LogP contribution >= 0.6 is 0 Å². The van der Waals surface area contributed by atoms with E-state index in [2.05, 4.69) is 0 Å². The number of fused-ring (bicyclic) bond motifs is 1. The van der Waals surface area contributed by atoms with E-state index < -0.39 is 5.63 Å². The molecule has 1 aromatic heterocycles. The summed E-state index contributed by atoms with van der Waals surface area (Å²) in [6.45, 7) is 2.16. The molecule has 1 heterocycles. The van der Waals surface area contributed by atoms with Crippen molar-refractivity contribution in [2.75, 3.05) is 20.2 Å². The smallest absolute Gasteiger partial charge is 0.336 e. The quantitative estimate of drug-likeness (QED) is 0.829. The van der Waals surface area contributed by atoms with E-state index in [1.54, 1.807) is 36.2 Å². The van der Waals surface area contributed by atoms with E-state index in [0.717, 1.165) is 5.39 Å². The average Bonchev–Trinajstić information content (AvgIpc) is 2.50. The summed E-state index contributed by atoms with van der Waals surface area (Å²) in [7, 11) is 1.68. The van der Waals surface area contributed by atoms with Gasteiger partial charge in [0, 0.05) is 37.2 Å². The molecule has 0 spiro atoms. The van der Waals surface area contributed by atoms with Gasteiger partial charge in [-0.1, -0.05) is 0 Å². The molecular formula is C15H18N2O4. The Morgan fingerprint density at radius 1 is 1.38 bits per heavy atom. The van der Waals surface area contributed by atoms with Crippen molar-refractivity contribution in [1.29, 1.82) is 0 Å². The van der Waals surface area contributed by atoms with Crippen LogP contribution in [0.5, 0.6) is 5.75 Å². The van der Waals surface area contributed by atoms with Crippen LogP contribution in [0.2, 0.25) is 0 Å². The number of nitrogens with zero attached hydrogens (tertiary/aromatic N) is 1. The number of ether oxygens (including phenoxy) is 1. The number of hydrogen-bond donors (Lipinski definition) is 1. The first-order valence-electron chi connectivity index (χ1n) is 6.63. The first-order valence-corrected chi connectivity index (χ1v) is 6.63. The minimum absolute atomic E-state index is 0.0456. The first kappa shape index (κ1) is 15.1. The molecule has 0 aliphatic rings. The lowest BCUT2D eigenvalue weighted by Crippen LogP contribution is -2.42. The lowest BCUT2D eigenvalue weighted by Gasteiger charge is -2.23. The Kier molecular flexibility index (Phi) is 4.59. The number of hydrogen-bond acceptors (Lipinski definition) is 5. The summed E-state index contributed by atoms with van der Waals surface area (Å²) in [6, 6.07) is 8.07. The molecule has 1 aromatic carbocycles. The number of amides is 1. The van der Waals surface area contributed by atoms with Gasteiger partial charge in [-0.15, -0.1) is 0 Å². The van der Waals surface area contributed by atoms with Gasteiger partial charge in [0.2, 0.25) is 0 Å². The molecule has 2 N–H and O–H groups in total. The highest BCUT2D eigenvalue weighted by Gasteiger charge is 2.14. The largest absolute Gasteiger partial charge is 0.484 e. The molecule has 2 rings (SSSR count). The summed E-state index contributed by atoms with van der Waals surface area (Å²) in [5.74, 6) is 0.307. The van der Waals surface area contributed by atoms with Crippen LogP contribution in [0, 0.1) is 0 Å². The van der Waals surface area contributed by atoms with E-state index in [1.165, 1.54) is 6.07 Å². The Balaban J connectivity index is 2.06. The maximum atomic E-state index is 11.9. The zero-order valence-corrected chi connectivity index (χ0v) is 12.0. The molecule has 0 radical (unpaired) electrons. The molecule has 6 heteroatoms. The van der Waals surface area contributed by atoms with Gasteiger partial charge in [0.1, 0.15) is 11.3 Å². The van der Waals surface area contributed by atoms with Crippen molar-refractivity contribution in [3.63, 3.8) is 0 Å². The van der Waals surface area contributed by atoms with E-state index in [0.29, 0.717) is 17.9 Å². The Labute approximate surface area is 122 Å². The fourth-order valence-electron chi connectivity index (χ4n) is 1.78. The lowest BCUT2D eigenvalue weighted by atomic mass is 10.2. The third kappa shape index (κ3) is 3.61. The summed E-state index contributed by atoms with van der Waals surface area (Å²) in [5, 5.41) is 0.794. The number of rotatable bonds is 5. The Morgan fingerprint density at radius 3 is 2.81 bits per heavy atom. The Bertz CT molecular complexity index is 695. The molecular weight excluding hydrogens is 272 g/mol. The number of carbonyl (C=O) groups excluding carboxylic acids is 1. The molecule has 2 aromatic rings. The molecule has 0 bridgehead atoms. The summed E-state index contributed by atoms with van der Waals surface area (Å²) in [6.07, 6.45) is 0. The van der Waals surface area contributed by atoms with Gasteiger partial charge in [0.25, 0.3) is 5.91 Å². The molecule has 0 aliphatic carbocycles. The number of carbonyl (C=O) groups is 1. The second-order valence-corrected chi connectivity index (χ2v) is 4.83. The van der Waals surface area contributed by atoms with E-state index in [4.69, 9.17) is 14.9 Å². The molecule has 0 saturated carbocycles. The maximum Gasteiger partial charge on any atom is 0.336 e. The maximum absolute atomic E-state index is 11.9. The number of nitrogens with two attached hydrogens (primary N) is 1. The fourth-order valence-corrected chi connectivity index (χ4v) is 1.78. The summed E-state index contributed by atoms with van der Waals surface area (Å²) >= 11 is 0. The van der Waals surface area contributed by atoms with E-state index in [-0.39, 0.29) is 18.6 Å². The van der Waals surface area contributed by atoms with Gasteiger partial charge in [-0.25, -0.2) is 4.79 Å². The zero-order chi connectivity index (χ0) is 15.4. The van der Waals surface area contributed by atoms with Crippen molar-refractivity contribution in [1.82, 2.24) is 4.90 Å². The monoisotopic (exact) mass is 290 g/mol. The van der Waals surface area contributed by atoms with Gasteiger partial charge in [-0.05, 0) is 25.1 Å². The van der Waals surface area contributed by atoms with E-state index >= 15 is 0 Å². The van der Waals surface area contributed by atoms with Crippen molar-refractivity contribution >= 4 is 16.9 Å². The van der Waals surface area contributed by atoms with Gasteiger partial charge >= 0.3 is 5.63 Å². The van der Waals surface area contributed by atoms with E-state index in [9.17, 15) is 9.59 Å². The predicted molar refractivity (Wildman–Crippen MR) is 79.3 cm³/mol. The second-order valence-electron chi connectivity index (χ2n) is 4.83. The van der Waals surface area contributed by atoms with Crippen LogP contribution in [0.15, 0.2) is 39.5 Å². The van der Waals surface area contributed by atoms with E-state index in [1.807, 2.05) is 6.92 Å². The molecule has 0 aliphatic heterocycles. The number of likely N-dealkylation sites (N-methyl/N-ethyl adjacent to an activating group) is 1. The molecule has 0 fully saturated rings. The fraction of sp³-hybridized carbons (Fsp3) is 0.333. The molecule has 1 amide bonds. The normalized spacial score (nSPS) is 12.1. The highest BCUT2D eigenvalue weighted by Crippen LogP contribution is 2.19. The van der Waals surface area contributed by atoms with Crippen molar-refractivity contribution in [3.8, 4) is 5.75 Å². The van der Waals surface area contributed by atoms with Crippen molar-refractivity contribution in [2.45, 2.75) is 13.0 Å². The standard InChI is InChI=1S/C15H18N2O4/c1-10(8-16)17(2)14(18)9-20-12-5-3-11-4-6-15(19)21-13(11)7-12/h3-7,10H,8-9,16H2,1-2H3. The summed E-state index contributed by atoms with van der Waals surface area (Å²) in [4.78, 5) is 24.6. The average molecular weight is 290 g/mol. The van der Waals surface area contributed by atoms with Crippen LogP contribution in [-0.4, -0.2) is 37.0 Å². The van der Waals surface area contributed by atoms with Crippen molar-refractivity contribution in [2.24, 2.45) is 5.73 Å². The van der Waals surface area contributed by atoms with Gasteiger partial charge in [0.05, 0.1) is 0 Å². The molecule has 21 heavy (non-hydrogen) atoms. The highest BCUT2D eigenvalue weighted by molar-refractivity contribution is 5.79. The van der Waals surface area contributed by atoms with Gasteiger partial charge in [-0.2, -0.15) is 0 Å². The SMILES string of the molecule is CC(CN)N(C)C(=O)COc1ccc2ccc(=O)oc2c1. The topological polar surface area (TPSA) is 85.8 Å². The van der Waals surface area contributed by atoms with Gasteiger partial charge in [-0.3, -0.25) is 4.79 Å². The van der Waals surface area contributed by atoms with Crippen molar-refractivity contribution in [3.05, 3.63) is 40.8 Å². The van der Waals surface area contributed by atoms with Crippen LogP contribution in [-0.2, 0) is 4.79 Å². The molecule has 6 nitrogen and oxygen atoms in total.